The molecule has 1 aromatic carbocycles. The van der Waals surface area contributed by atoms with Gasteiger partial charge in [-0.05, 0) is 44.5 Å². The summed E-state index contributed by atoms with van der Waals surface area (Å²) in [4.78, 5) is 34.5. The lowest BCUT2D eigenvalue weighted by Gasteiger charge is -2.34. The molecule has 2 heterocycles. The maximum Gasteiger partial charge on any atom is 0.253 e. The number of benzene rings is 1. The van der Waals surface area contributed by atoms with Gasteiger partial charge in [0.05, 0.1) is 17.2 Å². The monoisotopic (exact) mass is 446 g/mol. The van der Waals surface area contributed by atoms with Crippen LogP contribution in [-0.2, 0) is 10.5 Å². The van der Waals surface area contributed by atoms with Gasteiger partial charge in [-0.2, -0.15) is 0 Å². The van der Waals surface area contributed by atoms with E-state index in [1.54, 1.807) is 23.1 Å². The molecular formula is C22H30N4O2S2. The third-order valence-corrected chi connectivity index (χ3v) is 7.07. The number of hydrogen-bond acceptors (Lipinski definition) is 6. The minimum Gasteiger partial charge on any atom is -0.353 e. The van der Waals surface area contributed by atoms with Crippen molar-refractivity contribution in [1.82, 2.24) is 20.1 Å². The van der Waals surface area contributed by atoms with Crippen molar-refractivity contribution < 1.29 is 9.59 Å². The van der Waals surface area contributed by atoms with E-state index < -0.39 is 0 Å². The normalized spacial score (nSPS) is 15.8. The molecule has 1 aromatic heterocycles. The van der Waals surface area contributed by atoms with Gasteiger partial charge < -0.3 is 10.2 Å². The van der Waals surface area contributed by atoms with Crippen LogP contribution in [0.4, 0.5) is 0 Å². The van der Waals surface area contributed by atoms with Crippen molar-refractivity contribution in [2.24, 2.45) is 0 Å². The third kappa shape index (κ3) is 6.55. The molecule has 3 rings (SSSR count). The largest absolute Gasteiger partial charge is 0.353 e. The number of thiazole rings is 1. The summed E-state index contributed by atoms with van der Waals surface area (Å²) in [5, 5.41) is 6.17. The minimum absolute atomic E-state index is 0.0602. The number of amides is 2. The van der Waals surface area contributed by atoms with Crippen LogP contribution >= 0.6 is 23.1 Å². The van der Waals surface area contributed by atoms with E-state index in [-0.39, 0.29) is 17.9 Å². The molecule has 1 fully saturated rings. The van der Waals surface area contributed by atoms with Crippen LogP contribution < -0.4 is 5.32 Å². The fourth-order valence-electron chi connectivity index (χ4n) is 3.24. The first-order chi connectivity index (χ1) is 14.4. The molecule has 162 valence electrons. The van der Waals surface area contributed by atoms with Gasteiger partial charge in [0.1, 0.15) is 0 Å². The summed E-state index contributed by atoms with van der Waals surface area (Å²) in [7, 11) is 0. The molecule has 1 N–H and O–H groups in total. The highest BCUT2D eigenvalue weighted by molar-refractivity contribution is 7.98. The van der Waals surface area contributed by atoms with Gasteiger partial charge in [0, 0.05) is 53.8 Å². The summed E-state index contributed by atoms with van der Waals surface area (Å²) in [6.45, 7) is 9.23. The lowest BCUT2D eigenvalue weighted by Crippen LogP contribution is -2.51. The molecule has 8 heteroatoms. The number of aromatic nitrogens is 1. The van der Waals surface area contributed by atoms with E-state index in [2.05, 4.69) is 27.5 Å². The lowest BCUT2D eigenvalue weighted by atomic mass is 10.2. The van der Waals surface area contributed by atoms with Crippen LogP contribution in [0.3, 0.4) is 0 Å². The number of piperazine rings is 1. The number of hydrogen-bond donors (Lipinski definition) is 1. The van der Waals surface area contributed by atoms with Crippen molar-refractivity contribution in [2.45, 2.75) is 43.9 Å². The average Bonchev–Trinajstić information content (AvgIpc) is 3.17. The number of aryl methyl sites for hydroxylation is 1. The van der Waals surface area contributed by atoms with Crippen molar-refractivity contribution >= 4 is 34.9 Å². The highest BCUT2D eigenvalue weighted by Gasteiger charge is 2.23. The molecule has 0 saturated carbocycles. The van der Waals surface area contributed by atoms with E-state index >= 15 is 0 Å². The fraction of sp³-hybridized carbons (Fsp3) is 0.500. The Labute approximate surface area is 187 Å². The standard InChI is InChI=1S/C22H30N4O2S2/c1-4-16(2)23-21(27)13-25-9-11-26(12-10-25)22(28)18-5-7-20(8-6-18)30-15-19-14-29-17(3)24-19/h5-8,14,16H,4,9-13,15H2,1-3H3,(H,23,27). The molecule has 2 amide bonds. The van der Waals surface area contributed by atoms with Crippen molar-refractivity contribution in [3.05, 3.63) is 45.9 Å². The molecule has 1 saturated heterocycles. The fourth-order valence-corrected chi connectivity index (χ4v) is 4.75. The highest BCUT2D eigenvalue weighted by Crippen LogP contribution is 2.24. The molecule has 1 unspecified atom stereocenters. The number of carbonyl (C=O) groups excluding carboxylic acids is 2. The topological polar surface area (TPSA) is 65.5 Å². The third-order valence-electron chi connectivity index (χ3n) is 5.20. The predicted molar refractivity (Wildman–Crippen MR) is 123 cm³/mol. The Hall–Kier alpha value is -1.90. The van der Waals surface area contributed by atoms with Crippen LogP contribution in [0.15, 0.2) is 34.5 Å². The number of nitrogens with zero attached hydrogens (tertiary/aromatic N) is 3. The maximum atomic E-state index is 12.8. The second kappa shape index (κ2) is 10.9. The Balaban J connectivity index is 1.45. The molecule has 0 radical (unpaired) electrons. The lowest BCUT2D eigenvalue weighted by molar-refractivity contribution is -0.123. The summed E-state index contributed by atoms with van der Waals surface area (Å²) >= 11 is 3.40. The molecule has 0 spiro atoms. The molecule has 1 aliphatic heterocycles. The van der Waals surface area contributed by atoms with Gasteiger partial charge in [0.25, 0.3) is 5.91 Å². The first kappa shape index (κ1) is 22.8. The highest BCUT2D eigenvalue weighted by atomic mass is 32.2. The van der Waals surface area contributed by atoms with Gasteiger partial charge in [-0.1, -0.05) is 6.92 Å². The maximum absolute atomic E-state index is 12.8. The van der Waals surface area contributed by atoms with Gasteiger partial charge in [0.2, 0.25) is 5.91 Å². The second-order valence-electron chi connectivity index (χ2n) is 7.62. The number of carbonyl (C=O) groups is 2. The predicted octanol–water partition coefficient (Wildman–Crippen LogP) is 3.42. The van der Waals surface area contributed by atoms with Crippen LogP contribution in [0.25, 0.3) is 0 Å². The minimum atomic E-state index is 0.0602. The first-order valence-electron chi connectivity index (χ1n) is 10.4. The van der Waals surface area contributed by atoms with E-state index in [1.807, 2.05) is 43.0 Å². The summed E-state index contributed by atoms with van der Waals surface area (Å²) in [6.07, 6.45) is 0.926. The Morgan fingerprint density at radius 3 is 2.50 bits per heavy atom. The van der Waals surface area contributed by atoms with Crippen LogP contribution in [0.5, 0.6) is 0 Å². The second-order valence-corrected chi connectivity index (χ2v) is 9.73. The molecule has 6 nitrogen and oxygen atoms in total. The molecule has 0 aliphatic carbocycles. The SMILES string of the molecule is CCC(C)NC(=O)CN1CCN(C(=O)c2ccc(SCc3csc(C)n3)cc2)CC1. The molecule has 30 heavy (non-hydrogen) atoms. The van der Waals surface area contributed by atoms with Gasteiger partial charge in [-0.15, -0.1) is 23.1 Å². The van der Waals surface area contributed by atoms with Crippen LogP contribution in [-0.4, -0.2) is 65.4 Å². The molecule has 2 aromatic rings. The zero-order chi connectivity index (χ0) is 21.5. The van der Waals surface area contributed by atoms with E-state index in [4.69, 9.17) is 0 Å². The van der Waals surface area contributed by atoms with E-state index in [0.717, 1.165) is 40.9 Å². The first-order valence-corrected chi connectivity index (χ1v) is 12.3. The van der Waals surface area contributed by atoms with Gasteiger partial charge in [-0.25, -0.2) is 4.98 Å². The van der Waals surface area contributed by atoms with E-state index in [1.165, 1.54) is 0 Å². The summed E-state index contributed by atoms with van der Waals surface area (Å²) < 4.78 is 0. The summed E-state index contributed by atoms with van der Waals surface area (Å²) in [5.74, 6) is 0.958. The van der Waals surface area contributed by atoms with Crippen molar-refractivity contribution in [3.8, 4) is 0 Å². The van der Waals surface area contributed by atoms with Gasteiger partial charge in [-0.3, -0.25) is 14.5 Å². The van der Waals surface area contributed by atoms with Gasteiger partial charge >= 0.3 is 0 Å². The zero-order valence-electron chi connectivity index (χ0n) is 17.9. The number of nitrogens with one attached hydrogen (secondary N) is 1. The Kier molecular flexibility index (Phi) is 8.30. The van der Waals surface area contributed by atoms with Gasteiger partial charge in [0.15, 0.2) is 0 Å². The van der Waals surface area contributed by atoms with Crippen molar-refractivity contribution in [2.75, 3.05) is 32.7 Å². The Morgan fingerprint density at radius 1 is 1.20 bits per heavy atom. The number of thioether (sulfide) groups is 1. The van der Waals surface area contributed by atoms with E-state index in [0.29, 0.717) is 25.2 Å². The molecule has 0 bridgehead atoms. The quantitative estimate of drug-likeness (QED) is 0.630. The summed E-state index contributed by atoms with van der Waals surface area (Å²) in [6, 6.07) is 8.03. The van der Waals surface area contributed by atoms with Crippen molar-refractivity contribution in [1.29, 1.82) is 0 Å². The number of rotatable bonds is 8. The zero-order valence-corrected chi connectivity index (χ0v) is 19.5. The molecular weight excluding hydrogens is 416 g/mol. The van der Waals surface area contributed by atoms with E-state index in [9.17, 15) is 9.59 Å². The van der Waals surface area contributed by atoms with Crippen molar-refractivity contribution in [3.63, 3.8) is 0 Å². The average molecular weight is 447 g/mol. The van der Waals surface area contributed by atoms with Crippen LogP contribution in [0, 0.1) is 6.92 Å². The smallest absolute Gasteiger partial charge is 0.253 e. The summed E-state index contributed by atoms with van der Waals surface area (Å²) in [5.41, 5.74) is 1.81. The van der Waals surface area contributed by atoms with Crippen LogP contribution in [0.2, 0.25) is 0 Å². The molecule has 1 atom stereocenters. The molecule has 1 aliphatic rings. The Bertz CT molecular complexity index is 845. The Morgan fingerprint density at radius 2 is 1.90 bits per heavy atom. The van der Waals surface area contributed by atoms with Crippen LogP contribution in [0.1, 0.15) is 41.3 Å².